The molecule has 0 bridgehead atoms. The molecule has 1 saturated heterocycles. The van der Waals surface area contributed by atoms with Crippen LogP contribution in [0, 0.1) is 22.7 Å². The first kappa shape index (κ1) is 37.7. The van der Waals surface area contributed by atoms with Crippen LogP contribution in [0.3, 0.4) is 0 Å². The highest BCUT2D eigenvalue weighted by molar-refractivity contribution is 6.04. The molecule has 54 heavy (non-hydrogen) atoms. The molecule has 14 heteroatoms. The summed E-state index contributed by atoms with van der Waals surface area (Å²) in [5.74, 6) is 0.0355. The number of rotatable bonds is 11. The average Bonchev–Trinajstić information content (AvgIpc) is 3.59. The lowest BCUT2D eigenvalue weighted by molar-refractivity contribution is -0.184. The van der Waals surface area contributed by atoms with Crippen LogP contribution < -0.4 is 20.9 Å². The second kappa shape index (κ2) is 14.5. The summed E-state index contributed by atoms with van der Waals surface area (Å²) in [7, 11) is 3.78. The number of fused-ring (bicyclic) bond motifs is 1. The van der Waals surface area contributed by atoms with E-state index in [1.807, 2.05) is 50.2 Å². The van der Waals surface area contributed by atoms with Gasteiger partial charge in [0.25, 0.3) is 0 Å². The molecule has 3 aliphatic heterocycles. The molecule has 2 aromatic rings. The zero-order valence-corrected chi connectivity index (χ0v) is 31.5. The molecule has 7 rings (SSSR count). The highest BCUT2D eigenvalue weighted by atomic mass is 16.6. The fraction of sp³-hybridized carbons (Fsp3) is 0.525. The molecule has 6 unspecified atom stereocenters. The Balaban J connectivity index is 1.25. The summed E-state index contributed by atoms with van der Waals surface area (Å²) >= 11 is 0. The number of hydrogen-bond donors (Lipinski definition) is 6. The average molecular weight is 742 g/mol. The minimum atomic E-state index is -0.823. The van der Waals surface area contributed by atoms with Gasteiger partial charge in [0.1, 0.15) is 22.9 Å². The van der Waals surface area contributed by atoms with Gasteiger partial charge in [0, 0.05) is 55.3 Å². The number of aliphatic hydroxyl groups excluding tert-OH is 2. The highest BCUT2D eigenvalue weighted by Crippen LogP contribution is 2.66. The summed E-state index contributed by atoms with van der Waals surface area (Å²) in [6, 6.07) is 9.28. The van der Waals surface area contributed by atoms with Crippen molar-refractivity contribution in [2.45, 2.75) is 76.3 Å². The summed E-state index contributed by atoms with van der Waals surface area (Å²) in [6.07, 6.45) is 8.11. The molecule has 2 aliphatic carbocycles. The SMILES string of the molecule is CC(NC1CC2[C@](C)(CC[C@@H](O)[C@@]2(C)CO)C(CC(Nc2ccccn2)C2=C/C(=C\c3ccc(N(C)C)cc3O)OC2=O)C12CO2)C(=O)NC1=NCC=N1. The number of phenolic OH excluding ortho intramolecular Hbond substituents is 1. The number of carbonyl (C=O) groups excluding carboxylic acids is 2. The van der Waals surface area contributed by atoms with E-state index in [9.17, 15) is 24.9 Å². The van der Waals surface area contributed by atoms with Crippen LogP contribution in [-0.4, -0.2) is 108 Å². The molecule has 0 radical (unpaired) electrons. The van der Waals surface area contributed by atoms with Crippen molar-refractivity contribution in [3.05, 3.63) is 65.6 Å². The lowest BCUT2D eigenvalue weighted by Gasteiger charge is -2.63. The number of aliphatic imine (C=N–C) groups is 2. The van der Waals surface area contributed by atoms with Gasteiger partial charge in [-0.25, -0.2) is 19.8 Å². The molecule has 5 aliphatic rings. The quantitative estimate of drug-likeness (QED) is 0.147. The van der Waals surface area contributed by atoms with E-state index in [1.165, 1.54) is 0 Å². The van der Waals surface area contributed by atoms with Crippen LogP contribution in [0.2, 0.25) is 0 Å². The van der Waals surface area contributed by atoms with E-state index in [0.717, 1.165) is 5.69 Å². The van der Waals surface area contributed by atoms with Crippen molar-refractivity contribution in [3.63, 3.8) is 0 Å². The number of carbonyl (C=O) groups is 2. The fourth-order valence-electron chi connectivity index (χ4n) is 9.40. The molecule has 1 aromatic carbocycles. The molecule has 1 spiro atoms. The molecule has 1 aromatic heterocycles. The number of pyridine rings is 1. The van der Waals surface area contributed by atoms with Gasteiger partial charge in [-0.2, -0.15) is 0 Å². The normalized spacial score (nSPS) is 33.1. The van der Waals surface area contributed by atoms with Crippen molar-refractivity contribution < 1.29 is 34.4 Å². The topological polar surface area (TPSA) is 194 Å². The Hall–Kier alpha value is -4.63. The maximum absolute atomic E-state index is 13.8. The number of allylic oxidation sites excluding steroid dienone is 1. The monoisotopic (exact) mass is 741 g/mol. The van der Waals surface area contributed by atoms with Crippen LogP contribution in [-0.2, 0) is 19.1 Å². The molecular weight excluding hydrogens is 690 g/mol. The van der Waals surface area contributed by atoms with Gasteiger partial charge in [0.2, 0.25) is 11.9 Å². The second-order valence-electron chi connectivity index (χ2n) is 16.0. The predicted octanol–water partition coefficient (Wildman–Crippen LogP) is 3.02. The number of nitrogens with zero attached hydrogens (tertiary/aromatic N) is 4. The number of cyclic esters (lactones) is 1. The Kier molecular flexibility index (Phi) is 10.2. The van der Waals surface area contributed by atoms with Crippen molar-refractivity contribution in [3.8, 4) is 5.75 Å². The molecule has 4 heterocycles. The van der Waals surface area contributed by atoms with Crippen LogP contribution in [0.1, 0.15) is 52.0 Å². The van der Waals surface area contributed by atoms with Gasteiger partial charge in [-0.05, 0) is 86.3 Å². The van der Waals surface area contributed by atoms with E-state index in [4.69, 9.17) is 9.47 Å². The molecule has 6 N–H and O–H groups in total. The number of aromatic hydroxyl groups is 1. The van der Waals surface area contributed by atoms with Crippen molar-refractivity contribution in [1.82, 2.24) is 15.6 Å². The Labute approximate surface area is 315 Å². The number of phenols is 1. The minimum absolute atomic E-state index is 0.0561. The third-order valence-electron chi connectivity index (χ3n) is 12.6. The van der Waals surface area contributed by atoms with E-state index >= 15 is 0 Å². The number of nitrogens with one attached hydrogen (secondary N) is 3. The number of amides is 1. The number of benzene rings is 1. The van der Waals surface area contributed by atoms with E-state index in [1.54, 1.807) is 43.6 Å². The van der Waals surface area contributed by atoms with Gasteiger partial charge < -0.3 is 40.3 Å². The van der Waals surface area contributed by atoms with Gasteiger partial charge in [0.05, 0.1) is 43.5 Å². The smallest absolute Gasteiger partial charge is 0.341 e. The first-order valence-electron chi connectivity index (χ1n) is 18.7. The Bertz CT molecular complexity index is 1890. The van der Waals surface area contributed by atoms with Crippen molar-refractivity contribution in [2.24, 2.45) is 32.7 Å². The Morgan fingerprint density at radius 1 is 1.20 bits per heavy atom. The number of esters is 1. The standard InChI is InChI=1S/C40H51N7O7/c1-23(35(51)46-37-42-14-15-43-37)44-32-20-30-38(2,12-11-33(50)39(30,3)21-48)31(40(32)22-53-40)19-28(45-34-8-6-7-13-41-34)27-18-26(54-36(27)52)16-24-9-10-25(47(4)5)17-29(24)49/h6-10,13-14,16-18,23,28,30-33,44,48-50H,11-12,15,19-22H2,1-5H3,(H,41,45)(H,43,46,51)/b26-16+/t23?,28?,30?,31?,32?,33-,38+,39+,40?/m1/s1. The molecule has 14 nitrogen and oxygen atoms in total. The molecule has 288 valence electrons. The highest BCUT2D eigenvalue weighted by Gasteiger charge is 2.71. The molecular formula is C40H51N7O7. The number of ether oxygens (including phenoxy) is 2. The first-order valence-corrected chi connectivity index (χ1v) is 18.7. The number of hydrogen-bond acceptors (Lipinski definition) is 13. The lowest BCUT2D eigenvalue weighted by Crippen LogP contribution is -2.68. The van der Waals surface area contributed by atoms with Gasteiger partial charge in [0.15, 0.2) is 0 Å². The molecule has 3 fully saturated rings. The van der Waals surface area contributed by atoms with Crippen molar-refractivity contribution in [2.75, 3.05) is 44.1 Å². The van der Waals surface area contributed by atoms with E-state index in [0.29, 0.717) is 61.5 Å². The van der Waals surface area contributed by atoms with E-state index in [-0.39, 0.29) is 42.1 Å². The number of epoxide rings is 1. The van der Waals surface area contributed by atoms with Crippen LogP contribution in [0.15, 0.2) is 70.0 Å². The molecule has 2 saturated carbocycles. The Morgan fingerprint density at radius 2 is 2.00 bits per heavy atom. The van der Waals surface area contributed by atoms with E-state index < -0.39 is 40.6 Å². The number of aliphatic hydroxyl groups is 2. The van der Waals surface area contributed by atoms with Crippen LogP contribution in [0.5, 0.6) is 5.75 Å². The van der Waals surface area contributed by atoms with Gasteiger partial charge >= 0.3 is 5.97 Å². The van der Waals surface area contributed by atoms with Crippen molar-refractivity contribution >= 4 is 41.6 Å². The molecule has 9 atom stereocenters. The first-order chi connectivity index (χ1) is 25.8. The maximum atomic E-state index is 13.8. The number of aromatic nitrogens is 1. The summed E-state index contributed by atoms with van der Waals surface area (Å²) in [6.45, 7) is 6.61. The van der Waals surface area contributed by atoms with Gasteiger partial charge in [-0.15, -0.1) is 0 Å². The summed E-state index contributed by atoms with van der Waals surface area (Å²) in [4.78, 5) is 41.9. The van der Waals surface area contributed by atoms with Crippen LogP contribution in [0.25, 0.3) is 6.08 Å². The van der Waals surface area contributed by atoms with Crippen LogP contribution >= 0.6 is 0 Å². The third kappa shape index (κ3) is 6.91. The van der Waals surface area contributed by atoms with Crippen molar-refractivity contribution in [1.29, 1.82) is 0 Å². The fourth-order valence-corrected chi connectivity index (χ4v) is 9.40. The summed E-state index contributed by atoms with van der Waals surface area (Å²) in [5.41, 5.74) is -0.226. The predicted molar refractivity (Wildman–Crippen MR) is 205 cm³/mol. The summed E-state index contributed by atoms with van der Waals surface area (Å²) in [5, 5.41) is 43.0. The maximum Gasteiger partial charge on any atom is 0.341 e. The minimum Gasteiger partial charge on any atom is -0.507 e. The van der Waals surface area contributed by atoms with E-state index in [2.05, 4.69) is 37.8 Å². The van der Waals surface area contributed by atoms with Crippen LogP contribution in [0.4, 0.5) is 11.5 Å². The summed E-state index contributed by atoms with van der Waals surface area (Å²) < 4.78 is 12.3. The number of anilines is 2. The molecule has 1 amide bonds. The lowest BCUT2D eigenvalue weighted by atomic mass is 9.43. The van der Waals surface area contributed by atoms with Gasteiger partial charge in [-0.1, -0.05) is 19.9 Å². The largest absolute Gasteiger partial charge is 0.507 e. The second-order valence-corrected chi connectivity index (χ2v) is 16.0. The zero-order chi connectivity index (χ0) is 38.4. The zero-order valence-electron chi connectivity index (χ0n) is 31.5. The third-order valence-corrected chi connectivity index (χ3v) is 12.6. The number of guanidine groups is 1. The van der Waals surface area contributed by atoms with Gasteiger partial charge in [-0.3, -0.25) is 10.1 Å². The Morgan fingerprint density at radius 3 is 2.65 bits per heavy atom.